The Morgan fingerprint density at radius 3 is 2.71 bits per heavy atom. The first-order chi connectivity index (χ1) is 13.6. The molecule has 0 bridgehead atoms. The number of carbonyl (C=O) groups excluding carboxylic acids is 1. The number of nitrogens with zero attached hydrogens (tertiary/aromatic N) is 3. The average molecular weight is 375 g/mol. The zero-order valence-corrected chi connectivity index (χ0v) is 16.3. The van der Waals surface area contributed by atoms with Crippen molar-refractivity contribution >= 4 is 11.7 Å². The van der Waals surface area contributed by atoms with Gasteiger partial charge in [-0.05, 0) is 49.9 Å². The molecule has 0 radical (unpaired) electrons. The van der Waals surface area contributed by atoms with Gasteiger partial charge in [0, 0.05) is 24.7 Å². The summed E-state index contributed by atoms with van der Waals surface area (Å²) in [6.07, 6.45) is 1.96. The van der Waals surface area contributed by atoms with Gasteiger partial charge in [0.1, 0.15) is 5.82 Å². The summed E-state index contributed by atoms with van der Waals surface area (Å²) in [4.78, 5) is 19.1. The third-order valence-corrected chi connectivity index (χ3v) is 5.19. The minimum atomic E-state index is -0.0713. The fourth-order valence-electron chi connectivity index (χ4n) is 3.64. The van der Waals surface area contributed by atoms with Gasteiger partial charge >= 0.3 is 6.03 Å². The summed E-state index contributed by atoms with van der Waals surface area (Å²) in [6.45, 7) is 5.36. The van der Waals surface area contributed by atoms with E-state index < -0.39 is 0 Å². The van der Waals surface area contributed by atoms with E-state index in [1.807, 2.05) is 30.0 Å². The van der Waals surface area contributed by atoms with Crippen LogP contribution in [0.15, 0.2) is 48.5 Å². The highest BCUT2D eigenvalue weighted by Gasteiger charge is 2.27. The minimum absolute atomic E-state index is 0.0713. The summed E-state index contributed by atoms with van der Waals surface area (Å²) in [5.74, 6) is 1.80. The lowest BCUT2D eigenvalue weighted by atomic mass is 9.97. The SMILES string of the molecule is Cc1ccc(-c2cccc(NC(=O)N3CCC[C@H](c4n[nH]c(C)n4)C3)c2)cc1. The number of aromatic nitrogens is 3. The van der Waals surface area contributed by atoms with Crippen LogP contribution >= 0.6 is 0 Å². The normalized spacial score (nSPS) is 16.8. The van der Waals surface area contributed by atoms with E-state index in [-0.39, 0.29) is 11.9 Å². The van der Waals surface area contributed by atoms with E-state index in [1.54, 1.807) is 0 Å². The maximum atomic E-state index is 12.8. The first-order valence-corrected chi connectivity index (χ1v) is 9.70. The van der Waals surface area contributed by atoms with Crippen LogP contribution in [-0.2, 0) is 0 Å². The largest absolute Gasteiger partial charge is 0.324 e. The monoisotopic (exact) mass is 375 g/mol. The van der Waals surface area contributed by atoms with Crippen molar-refractivity contribution in [2.75, 3.05) is 18.4 Å². The van der Waals surface area contributed by atoms with Gasteiger partial charge in [-0.3, -0.25) is 5.10 Å². The van der Waals surface area contributed by atoms with Crippen LogP contribution in [0.4, 0.5) is 10.5 Å². The summed E-state index contributed by atoms with van der Waals surface area (Å²) in [5, 5.41) is 10.2. The lowest BCUT2D eigenvalue weighted by Gasteiger charge is -2.31. The highest BCUT2D eigenvalue weighted by Crippen LogP contribution is 2.26. The first kappa shape index (κ1) is 18.2. The Hall–Kier alpha value is -3.15. The van der Waals surface area contributed by atoms with Crippen molar-refractivity contribution in [3.8, 4) is 11.1 Å². The molecular weight excluding hydrogens is 350 g/mol. The van der Waals surface area contributed by atoms with Crippen LogP contribution in [0.1, 0.15) is 36.0 Å². The molecular formula is C22H25N5O. The van der Waals surface area contributed by atoms with Crippen molar-refractivity contribution in [2.45, 2.75) is 32.6 Å². The van der Waals surface area contributed by atoms with Crippen molar-refractivity contribution < 1.29 is 4.79 Å². The maximum Gasteiger partial charge on any atom is 0.321 e. The second-order valence-electron chi connectivity index (χ2n) is 7.44. The predicted molar refractivity (Wildman–Crippen MR) is 110 cm³/mol. The Bertz CT molecular complexity index is 963. The smallest absolute Gasteiger partial charge is 0.321 e. The second kappa shape index (κ2) is 7.84. The Morgan fingerprint density at radius 1 is 1.14 bits per heavy atom. The molecule has 2 aromatic carbocycles. The first-order valence-electron chi connectivity index (χ1n) is 9.70. The molecule has 0 aliphatic carbocycles. The molecule has 2 N–H and O–H groups in total. The zero-order chi connectivity index (χ0) is 19.5. The molecule has 0 spiro atoms. The molecule has 1 atom stereocenters. The molecule has 2 amide bonds. The predicted octanol–water partition coefficient (Wildman–Crippen LogP) is 4.50. The van der Waals surface area contributed by atoms with Gasteiger partial charge in [-0.25, -0.2) is 9.78 Å². The van der Waals surface area contributed by atoms with Crippen LogP contribution in [0.25, 0.3) is 11.1 Å². The van der Waals surface area contributed by atoms with Gasteiger partial charge in [0.05, 0.1) is 0 Å². The number of H-pyrrole nitrogens is 1. The molecule has 1 saturated heterocycles. The quantitative estimate of drug-likeness (QED) is 0.708. The lowest BCUT2D eigenvalue weighted by Crippen LogP contribution is -2.41. The Balaban J connectivity index is 1.44. The number of piperidine rings is 1. The minimum Gasteiger partial charge on any atom is -0.324 e. The number of carbonyl (C=O) groups is 1. The van der Waals surface area contributed by atoms with Crippen LogP contribution in [0.3, 0.4) is 0 Å². The number of rotatable bonds is 3. The fourth-order valence-corrected chi connectivity index (χ4v) is 3.64. The van der Waals surface area contributed by atoms with E-state index in [2.05, 4.69) is 57.8 Å². The van der Waals surface area contributed by atoms with Crippen LogP contribution < -0.4 is 5.32 Å². The molecule has 144 valence electrons. The number of aromatic amines is 1. The topological polar surface area (TPSA) is 73.9 Å². The van der Waals surface area contributed by atoms with Gasteiger partial charge in [-0.15, -0.1) is 0 Å². The summed E-state index contributed by atoms with van der Waals surface area (Å²) in [5.41, 5.74) is 4.26. The van der Waals surface area contributed by atoms with Crippen molar-refractivity contribution in [3.63, 3.8) is 0 Å². The fraction of sp³-hybridized carbons (Fsp3) is 0.318. The molecule has 2 heterocycles. The number of anilines is 1. The third-order valence-electron chi connectivity index (χ3n) is 5.19. The molecule has 28 heavy (non-hydrogen) atoms. The molecule has 1 aromatic heterocycles. The standard InChI is InChI=1S/C22H25N5O/c1-15-8-10-17(11-9-15)18-5-3-7-20(13-18)24-22(28)27-12-4-6-19(14-27)21-23-16(2)25-26-21/h3,5,7-11,13,19H,4,6,12,14H2,1-2H3,(H,24,28)(H,23,25,26)/t19-/m0/s1. The average Bonchev–Trinajstić information content (AvgIpc) is 3.15. The molecule has 6 nitrogen and oxygen atoms in total. The van der Waals surface area contributed by atoms with E-state index in [0.717, 1.165) is 47.8 Å². The van der Waals surface area contributed by atoms with Gasteiger partial charge in [-0.1, -0.05) is 42.0 Å². The Morgan fingerprint density at radius 2 is 1.96 bits per heavy atom. The highest BCUT2D eigenvalue weighted by atomic mass is 16.2. The van der Waals surface area contributed by atoms with Gasteiger partial charge in [-0.2, -0.15) is 5.10 Å². The molecule has 3 aromatic rings. The van der Waals surface area contributed by atoms with Crippen LogP contribution in [0.5, 0.6) is 0 Å². The Labute approximate surface area is 165 Å². The van der Waals surface area contributed by atoms with Crippen molar-refractivity contribution in [1.29, 1.82) is 0 Å². The molecule has 4 rings (SSSR count). The van der Waals surface area contributed by atoms with E-state index in [1.165, 1.54) is 5.56 Å². The van der Waals surface area contributed by atoms with Crippen LogP contribution in [0, 0.1) is 13.8 Å². The molecule has 1 aliphatic rings. The number of nitrogens with one attached hydrogen (secondary N) is 2. The van der Waals surface area contributed by atoms with E-state index in [4.69, 9.17) is 0 Å². The van der Waals surface area contributed by atoms with Gasteiger partial charge in [0.15, 0.2) is 5.82 Å². The summed E-state index contributed by atoms with van der Waals surface area (Å²) in [6, 6.07) is 16.3. The summed E-state index contributed by atoms with van der Waals surface area (Å²) < 4.78 is 0. The zero-order valence-electron chi connectivity index (χ0n) is 16.3. The molecule has 1 fully saturated rings. The Kier molecular flexibility index (Phi) is 5.10. The van der Waals surface area contributed by atoms with Gasteiger partial charge in [0.2, 0.25) is 0 Å². The van der Waals surface area contributed by atoms with Crippen molar-refractivity contribution in [3.05, 3.63) is 65.7 Å². The number of urea groups is 1. The van der Waals surface area contributed by atoms with Crippen molar-refractivity contribution in [1.82, 2.24) is 20.1 Å². The molecule has 0 unspecified atom stereocenters. The molecule has 1 aliphatic heterocycles. The van der Waals surface area contributed by atoms with Crippen molar-refractivity contribution in [2.24, 2.45) is 0 Å². The maximum absolute atomic E-state index is 12.8. The molecule has 6 heteroatoms. The highest BCUT2D eigenvalue weighted by molar-refractivity contribution is 5.90. The van der Waals surface area contributed by atoms with Gasteiger partial charge < -0.3 is 10.2 Å². The number of hydrogen-bond acceptors (Lipinski definition) is 3. The van der Waals surface area contributed by atoms with Gasteiger partial charge in [0.25, 0.3) is 0 Å². The summed E-state index contributed by atoms with van der Waals surface area (Å²) in [7, 11) is 0. The van der Waals surface area contributed by atoms with E-state index in [0.29, 0.717) is 6.54 Å². The van der Waals surface area contributed by atoms with E-state index >= 15 is 0 Å². The third kappa shape index (κ3) is 4.06. The molecule has 0 saturated carbocycles. The number of benzene rings is 2. The second-order valence-corrected chi connectivity index (χ2v) is 7.44. The van der Waals surface area contributed by atoms with E-state index in [9.17, 15) is 4.79 Å². The summed E-state index contributed by atoms with van der Waals surface area (Å²) >= 11 is 0. The number of aryl methyl sites for hydroxylation is 2. The van der Waals surface area contributed by atoms with Crippen LogP contribution in [0.2, 0.25) is 0 Å². The number of hydrogen-bond donors (Lipinski definition) is 2. The van der Waals surface area contributed by atoms with Crippen LogP contribution in [-0.4, -0.2) is 39.2 Å². The number of likely N-dealkylation sites (tertiary alicyclic amines) is 1. The lowest BCUT2D eigenvalue weighted by molar-refractivity contribution is 0.191. The number of amides is 2.